The lowest BCUT2D eigenvalue weighted by molar-refractivity contribution is -0.120. The molecular weight excluding hydrogens is 435 g/mol. The van der Waals surface area contributed by atoms with Crippen molar-refractivity contribution in [1.82, 2.24) is 30.1 Å². The van der Waals surface area contributed by atoms with Gasteiger partial charge in [0.25, 0.3) is 0 Å². The first-order valence-corrected chi connectivity index (χ1v) is 11.4. The van der Waals surface area contributed by atoms with Crippen molar-refractivity contribution in [2.45, 2.75) is 13.0 Å². The lowest BCUT2D eigenvalue weighted by atomic mass is 10.1. The van der Waals surface area contributed by atoms with Crippen LogP contribution in [0.2, 0.25) is 0 Å². The van der Waals surface area contributed by atoms with E-state index in [2.05, 4.69) is 37.1 Å². The van der Waals surface area contributed by atoms with Crippen molar-refractivity contribution in [3.05, 3.63) is 72.1 Å². The van der Waals surface area contributed by atoms with Crippen LogP contribution < -0.4 is 10.1 Å². The lowest BCUT2D eigenvalue weighted by Gasteiger charge is -2.32. The molecular formula is C25H29FN6O2. The van der Waals surface area contributed by atoms with Crippen molar-refractivity contribution in [3.8, 4) is 17.1 Å². The average Bonchev–Trinajstić information content (AvgIpc) is 2.85. The number of pyridine rings is 1. The molecule has 0 spiro atoms. The maximum Gasteiger partial charge on any atom is 0.224 e. The molecule has 1 amide bonds. The molecule has 1 aliphatic rings. The Labute approximate surface area is 198 Å². The first-order chi connectivity index (χ1) is 16.6. The molecule has 4 rings (SSSR count). The summed E-state index contributed by atoms with van der Waals surface area (Å²) in [6.07, 6.45) is 6.63. The van der Waals surface area contributed by atoms with E-state index >= 15 is 0 Å². The van der Waals surface area contributed by atoms with E-state index in [4.69, 9.17) is 4.74 Å². The fourth-order valence-corrected chi connectivity index (χ4v) is 3.67. The largest absolute Gasteiger partial charge is 0.492 e. The number of hydrogen-bond donors (Lipinski definition) is 1. The fraction of sp³-hybridized carbons (Fsp3) is 0.360. The number of ether oxygens (including phenoxy) is 1. The SMILES string of the molecule is CN1CCN(CCOc2ccc(-c3ncc(CC(=O)NCc4cccnc4)cn3)c(F)c2)CC1. The Morgan fingerprint density at radius 2 is 1.88 bits per heavy atom. The molecule has 1 saturated heterocycles. The van der Waals surface area contributed by atoms with E-state index in [-0.39, 0.29) is 18.2 Å². The molecule has 1 N–H and O–H groups in total. The van der Waals surface area contributed by atoms with Gasteiger partial charge in [-0.2, -0.15) is 0 Å². The number of benzene rings is 1. The summed E-state index contributed by atoms with van der Waals surface area (Å²) in [6, 6.07) is 8.42. The zero-order valence-electron chi connectivity index (χ0n) is 19.3. The van der Waals surface area contributed by atoms with Gasteiger partial charge in [0.1, 0.15) is 18.2 Å². The predicted octanol–water partition coefficient (Wildman–Crippen LogP) is 2.16. The van der Waals surface area contributed by atoms with E-state index in [1.807, 2.05) is 12.1 Å². The second-order valence-electron chi connectivity index (χ2n) is 8.36. The van der Waals surface area contributed by atoms with Gasteiger partial charge in [-0.3, -0.25) is 14.7 Å². The van der Waals surface area contributed by atoms with Gasteiger partial charge in [0.2, 0.25) is 5.91 Å². The number of rotatable bonds is 9. The van der Waals surface area contributed by atoms with Gasteiger partial charge in [-0.15, -0.1) is 0 Å². The summed E-state index contributed by atoms with van der Waals surface area (Å²) >= 11 is 0. The van der Waals surface area contributed by atoms with Crippen molar-refractivity contribution in [2.24, 2.45) is 0 Å². The molecule has 0 saturated carbocycles. The number of amides is 1. The second-order valence-corrected chi connectivity index (χ2v) is 8.36. The third-order valence-electron chi connectivity index (χ3n) is 5.74. The van der Waals surface area contributed by atoms with Crippen molar-refractivity contribution in [2.75, 3.05) is 46.4 Å². The Morgan fingerprint density at radius 1 is 1.09 bits per heavy atom. The highest BCUT2D eigenvalue weighted by Gasteiger charge is 2.14. The molecule has 1 aliphatic heterocycles. The van der Waals surface area contributed by atoms with Gasteiger partial charge >= 0.3 is 0 Å². The molecule has 0 atom stereocenters. The van der Waals surface area contributed by atoms with Crippen LogP contribution in [0, 0.1) is 5.82 Å². The number of piperazine rings is 1. The van der Waals surface area contributed by atoms with Crippen molar-refractivity contribution < 1.29 is 13.9 Å². The van der Waals surface area contributed by atoms with Crippen LogP contribution in [0.4, 0.5) is 4.39 Å². The Balaban J connectivity index is 1.26. The molecule has 0 unspecified atom stereocenters. The first kappa shape index (κ1) is 23.7. The normalized spacial score (nSPS) is 14.6. The summed E-state index contributed by atoms with van der Waals surface area (Å²) < 4.78 is 20.4. The second kappa shape index (κ2) is 11.6. The molecule has 0 radical (unpaired) electrons. The third-order valence-corrected chi connectivity index (χ3v) is 5.74. The number of halogens is 1. The topological polar surface area (TPSA) is 83.5 Å². The summed E-state index contributed by atoms with van der Waals surface area (Å²) in [5.74, 6) is 0.154. The van der Waals surface area contributed by atoms with Crippen LogP contribution in [0.5, 0.6) is 5.75 Å². The van der Waals surface area contributed by atoms with Crippen LogP contribution in [0.3, 0.4) is 0 Å². The van der Waals surface area contributed by atoms with Crippen LogP contribution in [0.1, 0.15) is 11.1 Å². The standard InChI is InChI=1S/C25H29FN6O2/c1-31-7-9-32(10-8-31)11-12-34-21-4-5-22(23(26)14-21)25-29-17-20(18-30-25)13-24(33)28-16-19-3-2-6-27-15-19/h2-6,14-15,17-18H,7-13,16H2,1H3,(H,28,33). The predicted molar refractivity (Wildman–Crippen MR) is 127 cm³/mol. The van der Waals surface area contributed by atoms with Crippen LogP contribution in [-0.2, 0) is 17.8 Å². The van der Waals surface area contributed by atoms with Crippen LogP contribution in [0.25, 0.3) is 11.4 Å². The van der Waals surface area contributed by atoms with E-state index in [1.54, 1.807) is 36.9 Å². The summed E-state index contributed by atoms with van der Waals surface area (Å²) in [5.41, 5.74) is 1.86. The highest BCUT2D eigenvalue weighted by molar-refractivity contribution is 5.78. The van der Waals surface area contributed by atoms with Crippen molar-refractivity contribution in [1.29, 1.82) is 0 Å². The molecule has 8 nitrogen and oxygen atoms in total. The summed E-state index contributed by atoms with van der Waals surface area (Å²) in [7, 11) is 2.12. The molecule has 3 heterocycles. The molecule has 3 aromatic rings. The van der Waals surface area contributed by atoms with E-state index in [0.29, 0.717) is 30.0 Å². The fourth-order valence-electron chi connectivity index (χ4n) is 3.67. The number of aromatic nitrogens is 3. The smallest absolute Gasteiger partial charge is 0.224 e. The van der Waals surface area contributed by atoms with Gasteiger partial charge in [-0.1, -0.05) is 6.07 Å². The number of likely N-dealkylation sites (N-methyl/N-ethyl adjacent to an activating group) is 1. The van der Waals surface area contributed by atoms with Gasteiger partial charge in [-0.05, 0) is 36.4 Å². The zero-order chi connectivity index (χ0) is 23.8. The molecule has 1 aromatic carbocycles. The summed E-state index contributed by atoms with van der Waals surface area (Å²) in [4.78, 5) is 29.3. The third kappa shape index (κ3) is 6.79. The summed E-state index contributed by atoms with van der Waals surface area (Å²) in [6.45, 7) is 5.88. The maximum atomic E-state index is 14.7. The molecule has 0 bridgehead atoms. The minimum atomic E-state index is -0.445. The van der Waals surface area contributed by atoms with Gasteiger partial charge in [0.05, 0.1) is 12.0 Å². The Bertz CT molecular complexity index is 1070. The Hall–Kier alpha value is -3.43. The minimum absolute atomic E-state index is 0.142. The monoisotopic (exact) mass is 464 g/mol. The Morgan fingerprint density at radius 3 is 2.59 bits per heavy atom. The maximum absolute atomic E-state index is 14.7. The van der Waals surface area contributed by atoms with Crippen LogP contribution in [-0.4, -0.2) is 77.0 Å². The van der Waals surface area contributed by atoms with Crippen LogP contribution >= 0.6 is 0 Å². The first-order valence-electron chi connectivity index (χ1n) is 11.4. The lowest BCUT2D eigenvalue weighted by Crippen LogP contribution is -2.45. The zero-order valence-corrected chi connectivity index (χ0v) is 19.3. The van der Waals surface area contributed by atoms with E-state index < -0.39 is 5.82 Å². The average molecular weight is 465 g/mol. The molecule has 0 aliphatic carbocycles. The summed E-state index contributed by atoms with van der Waals surface area (Å²) in [5, 5.41) is 2.84. The van der Waals surface area contributed by atoms with Gasteiger partial charge in [0.15, 0.2) is 5.82 Å². The van der Waals surface area contributed by atoms with Gasteiger partial charge in [0, 0.05) is 70.1 Å². The van der Waals surface area contributed by atoms with Gasteiger partial charge < -0.3 is 15.0 Å². The number of nitrogens with one attached hydrogen (secondary N) is 1. The highest BCUT2D eigenvalue weighted by atomic mass is 19.1. The molecule has 2 aromatic heterocycles. The highest BCUT2D eigenvalue weighted by Crippen LogP contribution is 2.23. The molecule has 9 heteroatoms. The van der Waals surface area contributed by atoms with Crippen LogP contribution in [0.15, 0.2) is 55.1 Å². The van der Waals surface area contributed by atoms with E-state index in [9.17, 15) is 9.18 Å². The van der Waals surface area contributed by atoms with Gasteiger partial charge in [-0.25, -0.2) is 14.4 Å². The number of nitrogens with zero attached hydrogens (tertiary/aromatic N) is 5. The molecule has 34 heavy (non-hydrogen) atoms. The van der Waals surface area contributed by atoms with E-state index in [0.717, 1.165) is 38.3 Å². The number of carbonyl (C=O) groups excluding carboxylic acids is 1. The van der Waals surface area contributed by atoms with Crippen molar-refractivity contribution >= 4 is 5.91 Å². The van der Waals surface area contributed by atoms with Crippen molar-refractivity contribution in [3.63, 3.8) is 0 Å². The number of hydrogen-bond acceptors (Lipinski definition) is 7. The molecule has 178 valence electrons. The van der Waals surface area contributed by atoms with E-state index in [1.165, 1.54) is 6.07 Å². The minimum Gasteiger partial charge on any atom is -0.492 e. The quantitative estimate of drug-likeness (QED) is 0.520. The molecule has 1 fully saturated rings. The number of carbonyl (C=O) groups is 1. The Kier molecular flexibility index (Phi) is 8.11.